The summed E-state index contributed by atoms with van der Waals surface area (Å²) < 4.78 is 29.1. The first-order valence-electron chi connectivity index (χ1n) is 13.9. The van der Waals surface area contributed by atoms with Crippen LogP contribution in [0.1, 0.15) is 48.9 Å². The van der Waals surface area contributed by atoms with Crippen molar-refractivity contribution in [1.29, 1.82) is 0 Å². The molecule has 3 rings (SSSR count). The van der Waals surface area contributed by atoms with E-state index >= 15 is 0 Å². The van der Waals surface area contributed by atoms with Crippen molar-refractivity contribution in [2.45, 2.75) is 64.8 Å². The van der Waals surface area contributed by atoms with Crippen LogP contribution in [0.25, 0.3) is 0 Å². The third-order valence-corrected chi connectivity index (χ3v) is 8.87. The van der Waals surface area contributed by atoms with Crippen molar-refractivity contribution in [2.75, 3.05) is 23.9 Å². The molecule has 0 unspecified atom stereocenters. The molecule has 3 aromatic carbocycles. The van der Waals surface area contributed by atoms with E-state index in [4.69, 9.17) is 0 Å². The SMILES string of the molecule is CCCNC(=O)[C@H](CC)N(CCc1ccccc1)C(=O)CN(c1ccc(C)c(C)c1)S(=O)(=O)c1ccc(C)cc1. The molecule has 0 aliphatic heterocycles. The fourth-order valence-corrected chi connectivity index (χ4v) is 5.91. The number of amides is 2. The fraction of sp³-hybridized carbons (Fsp3) is 0.375. The third kappa shape index (κ3) is 7.72. The Bertz CT molecular complexity index is 1390. The van der Waals surface area contributed by atoms with E-state index < -0.39 is 28.5 Å². The lowest BCUT2D eigenvalue weighted by Crippen LogP contribution is -2.53. The van der Waals surface area contributed by atoms with Crippen LogP contribution in [0.3, 0.4) is 0 Å². The molecule has 0 aliphatic carbocycles. The molecular formula is C32H41N3O4S. The van der Waals surface area contributed by atoms with Crippen molar-refractivity contribution in [1.82, 2.24) is 10.2 Å². The number of nitrogens with one attached hydrogen (secondary N) is 1. The minimum atomic E-state index is -4.08. The number of sulfonamides is 1. The second-order valence-electron chi connectivity index (χ2n) is 10.1. The van der Waals surface area contributed by atoms with Gasteiger partial charge in [0.2, 0.25) is 11.8 Å². The smallest absolute Gasteiger partial charge is 0.264 e. The highest BCUT2D eigenvalue weighted by Gasteiger charge is 2.33. The van der Waals surface area contributed by atoms with Crippen LogP contribution in [0.2, 0.25) is 0 Å². The Balaban J connectivity index is 2.02. The number of carbonyl (C=O) groups excluding carboxylic acids is 2. The molecule has 1 atom stereocenters. The normalized spacial score (nSPS) is 12.0. The summed E-state index contributed by atoms with van der Waals surface area (Å²) in [6.45, 7) is 9.95. The summed E-state index contributed by atoms with van der Waals surface area (Å²) in [6, 6.07) is 21.0. The maximum absolute atomic E-state index is 14.1. The number of anilines is 1. The first kappa shape index (κ1) is 30.9. The summed E-state index contributed by atoms with van der Waals surface area (Å²) in [4.78, 5) is 28.8. The monoisotopic (exact) mass is 563 g/mol. The molecule has 2 amide bonds. The second kappa shape index (κ2) is 14.1. The summed E-state index contributed by atoms with van der Waals surface area (Å²) in [7, 11) is -4.08. The minimum Gasteiger partial charge on any atom is -0.354 e. The van der Waals surface area contributed by atoms with Gasteiger partial charge in [0.1, 0.15) is 12.6 Å². The summed E-state index contributed by atoms with van der Waals surface area (Å²) >= 11 is 0. The highest BCUT2D eigenvalue weighted by molar-refractivity contribution is 7.92. The Kier molecular flexibility index (Phi) is 10.9. The molecule has 0 aromatic heterocycles. The van der Waals surface area contributed by atoms with Crippen molar-refractivity contribution < 1.29 is 18.0 Å². The number of hydrogen-bond acceptors (Lipinski definition) is 4. The van der Waals surface area contributed by atoms with Gasteiger partial charge in [0.25, 0.3) is 10.0 Å². The average molecular weight is 564 g/mol. The average Bonchev–Trinajstić information content (AvgIpc) is 2.94. The molecule has 0 fully saturated rings. The van der Waals surface area contributed by atoms with Gasteiger partial charge in [-0.1, -0.05) is 67.9 Å². The Morgan fingerprint density at radius 1 is 0.875 bits per heavy atom. The summed E-state index contributed by atoms with van der Waals surface area (Å²) in [5.41, 5.74) is 4.31. The largest absolute Gasteiger partial charge is 0.354 e. The van der Waals surface area contributed by atoms with Gasteiger partial charge in [-0.2, -0.15) is 0 Å². The van der Waals surface area contributed by atoms with E-state index in [1.165, 1.54) is 9.21 Å². The molecule has 8 heteroatoms. The molecule has 0 bridgehead atoms. The summed E-state index contributed by atoms with van der Waals surface area (Å²) in [5, 5.41) is 2.91. The number of nitrogens with zero attached hydrogens (tertiary/aromatic N) is 2. The fourth-order valence-electron chi connectivity index (χ4n) is 4.51. The van der Waals surface area contributed by atoms with Gasteiger partial charge in [-0.15, -0.1) is 0 Å². The van der Waals surface area contributed by atoms with Gasteiger partial charge in [0.05, 0.1) is 10.6 Å². The van der Waals surface area contributed by atoms with Crippen molar-refractivity contribution >= 4 is 27.5 Å². The van der Waals surface area contributed by atoms with Crippen molar-refractivity contribution in [3.63, 3.8) is 0 Å². The maximum Gasteiger partial charge on any atom is 0.264 e. The first-order valence-corrected chi connectivity index (χ1v) is 15.3. The zero-order valence-electron chi connectivity index (χ0n) is 24.2. The van der Waals surface area contributed by atoms with Gasteiger partial charge in [-0.25, -0.2) is 8.42 Å². The highest BCUT2D eigenvalue weighted by Crippen LogP contribution is 2.26. The van der Waals surface area contributed by atoms with Gasteiger partial charge < -0.3 is 10.2 Å². The lowest BCUT2D eigenvalue weighted by molar-refractivity contribution is -0.139. The number of rotatable bonds is 13. The lowest BCUT2D eigenvalue weighted by atomic mass is 10.1. The topological polar surface area (TPSA) is 86.8 Å². The Hall–Kier alpha value is -3.65. The van der Waals surface area contributed by atoms with E-state index in [2.05, 4.69) is 5.32 Å². The van der Waals surface area contributed by atoms with E-state index in [0.29, 0.717) is 25.1 Å². The van der Waals surface area contributed by atoms with Crippen LogP contribution in [-0.2, 0) is 26.0 Å². The van der Waals surface area contributed by atoms with Crippen LogP contribution in [0.15, 0.2) is 77.7 Å². The molecule has 0 aliphatic rings. The summed E-state index contributed by atoms with van der Waals surface area (Å²) in [6.07, 6.45) is 1.72. The second-order valence-corrected chi connectivity index (χ2v) is 12.0. The highest BCUT2D eigenvalue weighted by atomic mass is 32.2. The number of benzene rings is 3. The number of hydrogen-bond donors (Lipinski definition) is 1. The van der Waals surface area contributed by atoms with E-state index in [0.717, 1.165) is 28.7 Å². The zero-order valence-corrected chi connectivity index (χ0v) is 25.0. The van der Waals surface area contributed by atoms with Gasteiger partial charge in [-0.3, -0.25) is 13.9 Å². The molecule has 0 heterocycles. The third-order valence-electron chi connectivity index (χ3n) is 7.09. The molecule has 3 aromatic rings. The van der Waals surface area contributed by atoms with Gasteiger partial charge >= 0.3 is 0 Å². The predicted molar refractivity (Wildman–Crippen MR) is 161 cm³/mol. The Labute approximate surface area is 239 Å². The van der Waals surface area contributed by atoms with Gasteiger partial charge in [-0.05, 0) is 81.0 Å². The molecular weight excluding hydrogens is 522 g/mol. The van der Waals surface area contributed by atoms with Crippen LogP contribution >= 0.6 is 0 Å². The van der Waals surface area contributed by atoms with Crippen LogP contribution in [-0.4, -0.2) is 50.8 Å². The van der Waals surface area contributed by atoms with Crippen LogP contribution in [0.4, 0.5) is 5.69 Å². The molecule has 0 radical (unpaired) electrons. The molecule has 1 N–H and O–H groups in total. The molecule has 40 heavy (non-hydrogen) atoms. The predicted octanol–water partition coefficient (Wildman–Crippen LogP) is 5.18. The van der Waals surface area contributed by atoms with E-state index in [-0.39, 0.29) is 17.3 Å². The summed E-state index contributed by atoms with van der Waals surface area (Å²) in [5.74, 6) is -0.659. The van der Waals surface area contributed by atoms with Gasteiger partial charge in [0.15, 0.2) is 0 Å². The van der Waals surface area contributed by atoms with E-state index in [1.807, 2.05) is 71.0 Å². The molecule has 214 valence electrons. The van der Waals surface area contributed by atoms with Crippen molar-refractivity contribution in [3.8, 4) is 0 Å². The maximum atomic E-state index is 14.1. The first-order chi connectivity index (χ1) is 19.1. The quantitative estimate of drug-likeness (QED) is 0.310. The number of aryl methyl sites for hydroxylation is 3. The molecule has 7 nitrogen and oxygen atoms in total. The van der Waals surface area contributed by atoms with E-state index in [9.17, 15) is 18.0 Å². The van der Waals surface area contributed by atoms with Crippen LogP contribution < -0.4 is 9.62 Å². The van der Waals surface area contributed by atoms with Crippen LogP contribution in [0.5, 0.6) is 0 Å². The van der Waals surface area contributed by atoms with E-state index in [1.54, 1.807) is 36.4 Å². The van der Waals surface area contributed by atoms with Crippen molar-refractivity contribution in [2.24, 2.45) is 0 Å². The van der Waals surface area contributed by atoms with Gasteiger partial charge in [0, 0.05) is 13.1 Å². The Morgan fingerprint density at radius 3 is 2.15 bits per heavy atom. The standard InChI is InChI=1S/C32H41N3O4S/c1-6-20-33-32(37)30(7-2)34(21-19-27-11-9-8-10-12-27)31(36)23-35(28-16-15-25(4)26(5)22-28)40(38,39)29-17-13-24(3)14-18-29/h8-18,22,30H,6-7,19-21,23H2,1-5H3,(H,33,37)/t30-/m0/s1. The minimum absolute atomic E-state index is 0.104. The van der Waals surface area contributed by atoms with Crippen molar-refractivity contribution in [3.05, 3.63) is 95.1 Å². The number of carbonyl (C=O) groups is 2. The van der Waals surface area contributed by atoms with Crippen LogP contribution in [0, 0.1) is 20.8 Å². The zero-order chi connectivity index (χ0) is 29.3. The lowest BCUT2D eigenvalue weighted by Gasteiger charge is -2.33. The molecule has 0 saturated heterocycles. The molecule has 0 spiro atoms. The Morgan fingerprint density at radius 2 is 1.55 bits per heavy atom. The molecule has 0 saturated carbocycles.